The molecule has 0 aliphatic carbocycles. The van der Waals surface area contributed by atoms with Crippen molar-refractivity contribution >= 4 is 17.7 Å². The molecule has 0 heterocycles. The molecular weight excluding hydrogens is 320 g/mol. The predicted octanol–water partition coefficient (Wildman–Crippen LogP) is 0.436. The molecule has 138 valence electrons. The number of carbonyl (C=O) groups excluding carboxylic acids is 3. The first-order valence-electron chi connectivity index (χ1n) is 8.18. The van der Waals surface area contributed by atoms with E-state index in [0.29, 0.717) is 5.56 Å². The number of hydrogen-bond acceptors (Lipinski definition) is 4. The summed E-state index contributed by atoms with van der Waals surface area (Å²) in [5.41, 5.74) is 0.376. The molecule has 3 amide bonds. The van der Waals surface area contributed by atoms with Crippen molar-refractivity contribution < 1.29 is 14.4 Å². The highest BCUT2D eigenvalue weighted by molar-refractivity contribution is 5.89. The van der Waals surface area contributed by atoms with Gasteiger partial charge in [-0.25, -0.2) is 0 Å². The molecule has 0 saturated heterocycles. The minimum Gasteiger partial charge on any atom is -0.357 e. The average Bonchev–Trinajstić information content (AvgIpc) is 2.50. The molecule has 7 heteroatoms. The lowest BCUT2D eigenvalue weighted by Gasteiger charge is -2.24. The van der Waals surface area contributed by atoms with Crippen molar-refractivity contribution in [2.24, 2.45) is 0 Å². The van der Waals surface area contributed by atoms with E-state index in [0.717, 1.165) is 0 Å². The van der Waals surface area contributed by atoms with Crippen LogP contribution in [-0.2, 0) is 14.4 Å². The van der Waals surface area contributed by atoms with Crippen LogP contribution in [0.5, 0.6) is 0 Å². The Hall–Kier alpha value is -2.41. The van der Waals surface area contributed by atoms with Gasteiger partial charge >= 0.3 is 0 Å². The van der Waals surface area contributed by atoms with Crippen molar-refractivity contribution in [2.45, 2.75) is 32.4 Å². The predicted molar refractivity (Wildman–Crippen MR) is 96.8 cm³/mol. The van der Waals surface area contributed by atoms with Crippen LogP contribution < -0.4 is 16.0 Å². The molecule has 0 aromatic heterocycles. The van der Waals surface area contributed by atoms with Crippen molar-refractivity contribution in [1.82, 2.24) is 20.9 Å². The van der Waals surface area contributed by atoms with E-state index >= 15 is 0 Å². The minimum absolute atomic E-state index is 0.0118. The maximum absolute atomic E-state index is 12.3. The van der Waals surface area contributed by atoms with Gasteiger partial charge in [0.25, 0.3) is 0 Å². The highest BCUT2D eigenvalue weighted by atomic mass is 16.2. The van der Waals surface area contributed by atoms with E-state index in [-0.39, 0.29) is 36.3 Å². The third kappa shape index (κ3) is 7.80. The number of amides is 3. The second-order valence-corrected chi connectivity index (χ2v) is 7.00. The normalized spacial score (nSPS) is 12.4. The van der Waals surface area contributed by atoms with E-state index in [4.69, 9.17) is 0 Å². The van der Waals surface area contributed by atoms with Crippen molar-refractivity contribution in [3.8, 4) is 0 Å². The lowest BCUT2D eigenvalue weighted by atomic mass is 10.1. The Morgan fingerprint density at radius 1 is 1.04 bits per heavy atom. The summed E-state index contributed by atoms with van der Waals surface area (Å²) in [4.78, 5) is 37.8. The fourth-order valence-electron chi connectivity index (χ4n) is 2.30. The van der Waals surface area contributed by atoms with Crippen LogP contribution in [0.1, 0.15) is 32.4 Å². The first-order chi connectivity index (χ1) is 11.6. The fraction of sp³-hybridized carbons (Fsp3) is 0.500. The maximum Gasteiger partial charge on any atom is 0.246 e. The molecule has 1 atom stereocenters. The molecule has 1 aromatic carbocycles. The lowest BCUT2D eigenvalue weighted by molar-refractivity contribution is -0.130. The Labute approximate surface area is 149 Å². The van der Waals surface area contributed by atoms with Gasteiger partial charge in [0, 0.05) is 12.6 Å². The summed E-state index contributed by atoms with van der Waals surface area (Å²) < 4.78 is 0. The summed E-state index contributed by atoms with van der Waals surface area (Å²) >= 11 is 0. The number of rotatable bonds is 7. The highest BCUT2D eigenvalue weighted by Crippen LogP contribution is 2.12. The fourth-order valence-corrected chi connectivity index (χ4v) is 2.30. The van der Waals surface area contributed by atoms with Gasteiger partial charge in [-0.2, -0.15) is 0 Å². The zero-order chi connectivity index (χ0) is 19.0. The van der Waals surface area contributed by atoms with Gasteiger partial charge in [0.05, 0.1) is 13.1 Å². The van der Waals surface area contributed by atoms with Crippen LogP contribution in [0.25, 0.3) is 0 Å². The van der Waals surface area contributed by atoms with Crippen LogP contribution in [0, 0.1) is 0 Å². The molecule has 1 rings (SSSR count). The average molecular weight is 348 g/mol. The second-order valence-electron chi connectivity index (χ2n) is 7.00. The molecule has 0 saturated carbocycles. The van der Waals surface area contributed by atoms with Gasteiger partial charge in [-0.3, -0.25) is 19.3 Å². The Kier molecular flexibility index (Phi) is 7.57. The Morgan fingerprint density at radius 2 is 1.60 bits per heavy atom. The van der Waals surface area contributed by atoms with Crippen LogP contribution in [0.2, 0.25) is 0 Å². The number of carbonyl (C=O) groups is 3. The standard InChI is InChI=1S/C18H28N4O3/c1-18(2,3)21-15(24)12-22(5)11-14(23)20-16(17(25)19-4)13-9-7-6-8-10-13/h6-10,16H,11-12H2,1-5H3,(H,19,25)(H,20,23)(H,21,24). The van der Waals surface area contributed by atoms with Gasteiger partial charge in [-0.1, -0.05) is 30.3 Å². The first kappa shape index (κ1) is 20.6. The third-order valence-electron chi connectivity index (χ3n) is 3.29. The van der Waals surface area contributed by atoms with Crippen molar-refractivity contribution in [1.29, 1.82) is 0 Å². The van der Waals surface area contributed by atoms with Crippen LogP contribution in [0.3, 0.4) is 0 Å². The van der Waals surface area contributed by atoms with E-state index in [9.17, 15) is 14.4 Å². The van der Waals surface area contributed by atoms with Crippen molar-refractivity contribution in [2.75, 3.05) is 27.2 Å². The van der Waals surface area contributed by atoms with Gasteiger partial charge in [-0.15, -0.1) is 0 Å². The van der Waals surface area contributed by atoms with Gasteiger partial charge < -0.3 is 16.0 Å². The quantitative estimate of drug-likeness (QED) is 0.667. The zero-order valence-corrected chi connectivity index (χ0v) is 15.6. The molecule has 1 unspecified atom stereocenters. The second kappa shape index (κ2) is 9.17. The summed E-state index contributed by atoms with van der Waals surface area (Å²) in [6, 6.07) is 8.24. The summed E-state index contributed by atoms with van der Waals surface area (Å²) in [5, 5.41) is 8.10. The number of nitrogens with zero attached hydrogens (tertiary/aromatic N) is 1. The number of benzene rings is 1. The number of likely N-dealkylation sites (N-methyl/N-ethyl adjacent to an activating group) is 2. The van der Waals surface area contributed by atoms with Gasteiger partial charge in [-0.05, 0) is 33.4 Å². The SMILES string of the molecule is CNC(=O)C(NC(=O)CN(C)CC(=O)NC(C)(C)C)c1ccccc1. The molecule has 25 heavy (non-hydrogen) atoms. The molecule has 7 nitrogen and oxygen atoms in total. The molecule has 0 radical (unpaired) electrons. The molecule has 1 aromatic rings. The summed E-state index contributed by atoms with van der Waals surface area (Å²) in [5.74, 6) is -0.787. The van der Waals surface area contributed by atoms with Gasteiger partial charge in [0.2, 0.25) is 17.7 Å². The molecular formula is C18H28N4O3. The van der Waals surface area contributed by atoms with Crippen molar-refractivity contribution in [3.63, 3.8) is 0 Å². The smallest absolute Gasteiger partial charge is 0.246 e. The molecule has 0 spiro atoms. The molecule has 0 fully saturated rings. The largest absolute Gasteiger partial charge is 0.357 e. The molecule has 0 aliphatic heterocycles. The monoisotopic (exact) mass is 348 g/mol. The summed E-state index contributed by atoms with van der Waals surface area (Å²) in [6.07, 6.45) is 0. The van der Waals surface area contributed by atoms with Gasteiger partial charge in [0.15, 0.2) is 0 Å². The van der Waals surface area contributed by atoms with Gasteiger partial charge in [0.1, 0.15) is 6.04 Å². The van der Waals surface area contributed by atoms with E-state index in [2.05, 4.69) is 16.0 Å². The molecule has 0 bridgehead atoms. The molecule has 3 N–H and O–H groups in total. The van der Waals surface area contributed by atoms with Crippen LogP contribution in [0.4, 0.5) is 0 Å². The van der Waals surface area contributed by atoms with E-state index in [1.165, 1.54) is 7.05 Å². The third-order valence-corrected chi connectivity index (χ3v) is 3.29. The Balaban J connectivity index is 2.63. The van der Waals surface area contributed by atoms with E-state index in [1.807, 2.05) is 26.8 Å². The van der Waals surface area contributed by atoms with E-state index < -0.39 is 6.04 Å². The van der Waals surface area contributed by atoms with Crippen LogP contribution >= 0.6 is 0 Å². The summed E-state index contributed by atoms with van der Waals surface area (Å²) in [7, 11) is 3.20. The highest BCUT2D eigenvalue weighted by Gasteiger charge is 2.22. The lowest BCUT2D eigenvalue weighted by Crippen LogP contribution is -2.48. The van der Waals surface area contributed by atoms with Crippen LogP contribution in [0.15, 0.2) is 30.3 Å². The number of hydrogen-bond donors (Lipinski definition) is 3. The topological polar surface area (TPSA) is 90.5 Å². The van der Waals surface area contributed by atoms with E-state index in [1.54, 1.807) is 36.2 Å². The first-order valence-corrected chi connectivity index (χ1v) is 8.18. The van der Waals surface area contributed by atoms with Crippen LogP contribution in [-0.4, -0.2) is 55.3 Å². The maximum atomic E-state index is 12.3. The minimum atomic E-state index is -0.768. The Bertz CT molecular complexity index is 596. The number of nitrogens with one attached hydrogen (secondary N) is 3. The van der Waals surface area contributed by atoms with Crippen molar-refractivity contribution in [3.05, 3.63) is 35.9 Å². The molecule has 0 aliphatic rings. The summed E-state index contributed by atoms with van der Waals surface area (Å²) in [6.45, 7) is 5.79. The zero-order valence-electron chi connectivity index (χ0n) is 15.6. The Morgan fingerprint density at radius 3 is 2.12 bits per heavy atom.